The molecule has 25 heavy (non-hydrogen) atoms. The van der Waals surface area contributed by atoms with Gasteiger partial charge in [-0.1, -0.05) is 30.3 Å². The molecular formula is C20H17NO4. The molecule has 0 unspecified atom stereocenters. The molecule has 1 N–H and O–H groups in total. The Morgan fingerprint density at radius 2 is 1.64 bits per heavy atom. The second kappa shape index (κ2) is 5.48. The molecule has 0 bridgehead atoms. The summed E-state index contributed by atoms with van der Waals surface area (Å²) in [5.41, 5.74) is 5.62. The van der Waals surface area contributed by atoms with E-state index in [4.69, 9.17) is 9.47 Å². The highest BCUT2D eigenvalue weighted by Gasteiger charge is 2.38. The van der Waals surface area contributed by atoms with Crippen molar-refractivity contribution in [2.75, 3.05) is 5.32 Å². The monoisotopic (exact) mass is 335 g/mol. The number of cyclic esters (lactones) is 2. The molecule has 2 aliphatic rings. The van der Waals surface area contributed by atoms with Crippen LogP contribution in [0.15, 0.2) is 54.2 Å². The van der Waals surface area contributed by atoms with Crippen LogP contribution in [0.2, 0.25) is 0 Å². The van der Waals surface area contributed by atoms with Gasteiger partial charge in [0.15, 0.2) is 5.57 Å². The van der Waals surface area contributed by atoms with Crippen LogP contribution in [0, 0.1) is 0 Å². The highest BCUT2D eigenvalue weighted by atomic mass is 16.7. The van der Waals surface area contributed by atoms with Crippen LogP contribution in [0.5, 0.6) is 0 Å². The molecule has 0 saturated carbocycles. The SMILES string of the molecule is CC1(C)OC(=O)C(=CNc2ccc3c(c2)Cc2ccccc2-3)C(=O)O1. The second-order valence-corrected chi connectivity index (χ2v) is 6.59. The Morgan fingerprint density at radius 3 is 2.40 bits per heavy atom. The van der Waals surface area contributed by atoms with Crippen molar-refractivity contribution in [3.05, 3.63) is 65.4 Å². The number of fused-ring (bicyclic) bond motifs is 3. The molecule has 0 aromatic heterocycles. The molecule has 126 valence electrons. The second-order valence-electron chi connectivity index (χ2n) is 6.59. The number of hydrogen-bond donors (Lipinski definition) is 1. The molecule has 1 aliphatic heterocycles. The van der Waals surface area contributed by atoms with Crippen LogP contribution in [0.3, 0.4) is 0 Å². The van der Waals surface area contributed by atoms with Crippen LogP contribution in [-0.4, -0.2) is 17.7 Å². The van der Waals surface area contributed by atoms with Gasteiger partial charge >= 0.3 is 11.9 Å². The Morgan fingerprint density at radius 1 is 0.960 bits per heavy atom. The van der Waals surface area contributed by atoms with Gasteiger partial charge in [0, 0.05) is 25.7 Å². The van der Waals surface area contributed by atoms with Gasteiger partial charge in [0.25, 0.3) is 5.79 Å². The van der Waals surface area contributed by atoms with Gasteiger partial charge in [-0.15, -0.1) is 0 Å². The standard InChI is InChI=1S/C20H17NO4/c1-20(2)24-18(22)17(19(23)25-20)11-21-14-7-8-16-13(10-14)9-12-5-3-4-6-15(12)16/h3-8,10-11,21H,9H2,1-2H3. The lowest BCUT2D eigenvalue weighted by atomic mass is 10.1. The molecule has 0 atom stereocenters. The Kier molecular flexibility index (Phi) is 3.39. The Balaban J connectivity index is 1.56. The average Bonchev–Trinajstić information content (AvgIpc) is 2.90. The first-order valence-electron chi connectivity index (χ1n) is 8.07. The fraction of sp³-hybridized carbons (Fsp3) is 0.200. The minimum Gasteiger partial charge on any atom is -0.419 e. The van der Waals surface area contributed by atoms with Crippen molar-refractivity contribution in [2.24, 2.45) is 0 Å². The van der Waals surface area contributed by atoms with Crippen LogP contribution in [0.25, 0.3) is 11.1 Å². The zero-order valence-electron chi connectivity index (χ0n) is 14.0. The van der Waals surface area contributed by atoms with Crippen LogP contribution in [0.4, 0.5) is 5.69 Å². The van der Waals surface area contributed by atoms with E-state index in [0.29, 0.717) is 0 Å². The van der Waals surface area contributed by atoms with Crippen LogP contribution >= 0.6 is 0 Å². The van der Waals surface area contributed by atoms with Gasteiger partial charge in [-0.3, -0.25) is 0 Å². The van der Waals surface area contributed by atoms with Gasteiger partial charge < -0.3 is 14.8 Å². The van der Waals surface area contributed by atoms with Gasteiger partial charge in [0.05, 0.1) is 0 Å². The molecule has 1 fully saturated rings. The molecule has 0 spiro atoms. The van der Waals surface area contributed by atoms with E-state index in [1.54, 1.807) is 0 Å². The molecule has 5 heteroatoms. The van der Waals surface area contributed by atoms with Gasteiger partial charge in [-0.2, -0.15) is 0 Å². The molecule has 0 amide bonds. The number of ether oxygens (including phenoxy) is 2. The third-order valence-electron chi connectivity index (χ3n) is 4.29. The van der Waals surface area contributed by atoms with E-state index >= 15 is 0 Å². The number of esters is 2. The zero-order chi connectivity index (χ0) is 17.6. The van der Waals surface area contributed by atoms with E-state index in [1.165, 1.54) is 42.3 Å². The van der Waals surface area contributed by atoms with Crippen molar-refractivity contribution < 1.29 is 19.1 Å². The lowest BCUT2D eigenvalue weighted by Gasteiger charge is -2.29. The fourth-order valence-electron chi connectivity index (χ4n) is 3.17. The van der Waals surface area contributed by atoms with E-state index in [9.17, 15) is 9.59 Å². The van der Waals surface area contributed by atoms with Crippen LogP contribution < -0.4 is 5.32 Å². The number of hydrogen-bond acceptors (Lipinski definition) is 5. The summed E-state index contributed by atoms with van der Waals surface area (Å²) in [6, 6.07) is 14.3. The van der Waals surface area contributed by atoms with Crippen molar-refractivity contribution in [1.82, 2.24) is 0 Å². The Labute approximate surface area is 145 Å². The van der Waals surface area contributed by atoms with Crippen LogP contribution in [-0.2, 0) is 25.5 Å². The molecule has 1 saturated heterocycles. The molecule has 1 aliphatic carbocycles. The predicted octanol–water partition coefficient (Wildman–Crippen LogP) is 3.39. The largest absolute Gasteiger partial charge is 0.419 e. The average molecular weight is 335 g/mol. The van der Waals surface area contributed by atoms with Crippen molar-refractivity contribution in [3.63, 3.8) is 0 Å². The van der Waals surface area contributed by atoms with E-state index in [1.807, 2.05) is 30.3 Å². The third kappa shape index (κ3) is 2.78. The molecule has 2 aromatic carbocycles. The van der Waals surface area contributed by atoms with E-state index in [0.717, 1.165) is 12.1 Å². The number of carbonyl (C=O) groups is 2. The normalized spacial score (nSPS) is 17.3. The minimum absolute atomic E-state index is 0.150. The summed E-state index contributed by atoms with van der Waals surface area (Å²) < 4.78 is 10.1. The smallest absolute Gasteiger partial charge is 0.350 e. The predicted molar refractivity (Wildman–Crippen MR) is 92.7 cm³/mol. The van der Waals surface area contributed by atoms with Crippen molar-refractivity contribution in [3.8, 4) is 11.1 Å². The topological polar surface area (TPSA) is 64.6 Å². The first-order chi connectivity index (χ1) is 11.9. The van der Waals surface area contributed by atoms with Gasteiger partial charge in [-0.25, -0.2) is 9.59 Å². The summed E-state index contributed by atoms with van der Waals surface area (Å²) in [5, 5.41) is 3.00. The summed E-state index contributed by atoms with van der Waals surface area (Å²) in [6.45, 7) is 3.04. The number of nitrogens with one attached hydrogen (secondary N) is 1. The van der Waals surface area contributed by atoms with Crippen molar-refractivity contribution in [2.45, 2.75) is 26.1 Å². The lowest BCUT2D eigenvalue weighted by molar-refractivity contribution is -0.222. The van der Waals surface area contributed by atoms with Gasteiger partial charge in [0.2, 0.25) is 0 Å². The van der Waals surface area contributed by atoms with Gasteiger partial charge in [0.1, 0.15) is 0 Å². The first-order valence-corrected chi connectivity index (χ1v) is 8.07. The number of anilines is 1. The van der Waals surface area contributed by atoms with E-state index < -0.39 is 17.7 Å². The molecule has 1 heterocycles. The zero-order valence-corrected chi connectivity index (χ0v) is 14.0. The summed E-state index contributed by atoms with van der Waals surface area (Å²) in [4.78, 5) is 23.9. The lowest BCUT2D eigenvalue weighted by Crippen LogP contribution is -2.42. The third-order valence-corrected chi connectivity index (χ3v) is 4.29. The molecule has 0 radical (unpaired) electrons. The highest BCUT2D eigenvalue weighted by Crippen LogP contribution is 2.37. The van der Waals surface area contributed by atoms with Gasteiger partial charge in [-0.05, 0) is 40.8 Å². The maximum Gasteiger partial charge on any atom is 0.350 e. The maximum atomic E-state index is 11.9. The molecule has 5 nitrogen and oxygen atoms in total. The van der Waals surface area contributed by atoms with Crippen molar-refractivity contribution in [1.29, 1.82) is 0 Å². The molecule has 4 rings (SSSR count). The number of rotatable bonds is 2. The summed E-state index contributed by atoms with van der Waals surface area (Å²) in [6.07, 6.45) is 2.21. The summed E-state index contributed by atoms with van der Waals surface area (Å²) >= 11 is 0. The van der Waals surface area contributed by atoms with E-state index in [2.05, 4.69) is 17.4 Å². The quantitative estimate of drug-likeness (QED) is 0.442. The number of benzene rings is 2. The highest BCUT2D eigenvalue weighted by molar-refractivity contribution is 6.15. The maximum absolute atomic E-state index is 11.9. The van der Waals surface area contributed by atoms with Crippen LogP contribution in [0.1, 0.15) is 25.0 Å². The summed E-state index contributed by atoms with van der Waals surface area (Å²) in [7, 11) is 0. The minimum atomic E-state index is -1.23. The number of carbonyl (C=O) groups excluding carboxylic acids is 2. The van der Waals surface area contributed by atoms with Crippen molar-refractivity contribution >= 4 is 17.6 Å². The molecular weight excluding hydrogens is 318 g/mol. The fourth-order valence-corrected chi connectivity index (χ4v) is 3.17. The summed E-state index contributed by atoms with van der Waals surface area (Å²) in [5.74, 6) is -2.62. The van der Waals surface area contributed by atoms with E-state index in [-0.39, 0.29) is 5.57 Å². The first kappa shape index (κ1) is 15.4. The Hall–Kier alpha value is -3.08. The molecule has 2 aromatic rings. The Bertz CT molecular complexity index is 905.